The molecule has 2 rings (SSSR count). The zero-order chi connectivity index (χ0) is 13.2. The summed E-state index contributed by atoms with van der Waals surface area (Å²) >= 11 is 0. The second-order valence-electron chi connectivity index (χ2n) is 5.75. The Kier molecular flexibility index (Phi) is 3.42. The SMILES string of the molecule is CC(C)(C)c1ccc(Cc2ccccc2O)cc1. The summed E-state index contributed by atoms with van der Waals surface area (Å²) in [6, 6.07) is 16.1. The zero-order valence-corrected chi connectivity index (χ0v) is 11.3. The summed E-state index contributed by atoms with van der Waals surface area (Å²) in [7, 11) is 0. The number of phenols is 1. The Morgan fingerprint density at radius 2 is 1.50 bits per heavy atom. The topological polar surface area (TPSA) is 20.2 Å². The fraction of sp³-hybridized carbons (Fsp3) is 0.294. The summed E-state index contributed by atoms with van der Waals surface area (Å²) in [6.45, 7) is 6.64. The van der Waals surface area contributed by atoms with Gasteiger partial charge in [-0.25, -0.2) is 0 Å². The lowest BCUT2D eigenvalue weighted by molar-refractivity contribution is 0.469. The molecule has 0 aliphatic rings. The molecule has 1 N–H and O–H groups in total. The van der Waals surface area contributed by atoms with E-state index in [-0.39, 0.29) is 5.41 Å². The molecule has 0 fully saturated rings. The van der Waals surface area contributed by atoms with Gasteiger partial charge in [-0.3, -0.25) is 0 Å². The molecule has 0 saturated carbocycles. The van der Waals surface area contributed by atoms with Crippen LogP contribution in [0.1, 0.15) is 37.5 Å². The summed E-state index contributed by atoms with van der Waals surface area (Å²) in [4.78, 5) is 0. The first kappa shape index (κ1) is 12.7. The Morgan fingerprint density at radius 3 is 2.06 bits per heavy atom. The molecular formula is C17H20O. The number of para-hydroxylation sites is 1. The van der Waals surface area contributed by atoms with Gasteiger partial charge in [0.15, 0.2) is 0 Å². The molecule has 0 aromatic heterocycles. The van der Waals surface area contributed by atoms with Gasteiger partial charge >= 0.3 is 0 Å². The molecule has 1 nitrogen and oxygen atoms in total. The predicted molar refractivity (Wildman–Crippen MR) is 76.1 cm³/mol. The highest BCUT2D eigenvalue weighted by atomic mass is 16.3. The minimum absolute atomic E-state index is 0.188. The first-order valence-electron chi connectivity index (χ1n) is 6.33. The van der Waals surface area contributed by atoms with Crippen molar-refractivity contribution in [2.45, 2.75) is 32.6 Å². The van der Waals surface area contributed by atoms with E-state index in [9.17, 15) is 5.11 Å². The molecule has 0 spiro atoms. The lowest BCUT2D eigenvalue weighted by atomic mass is 9.86. The standard InChI is InChI=1S/C17H20O/c1-17(2,3)15-10-8-13(9-11-15)12-14-6-4-5-7-16(14)18/h4-11,18H,12H2,1-3H3. The van der Waals surface area contributed by atoms with Crippen LogP contribution >= 0.6 is 0 Å². The minimum Gasteiger partial charge on any atom is -0.508 e. The summed E-state index contributed by atoms with van der Waals surface area (Å²) in [5.41, 5.74) is 3.72. The van der Waals surface area contributed by atoms with Crippen molar-refractivity contribution in [3.8, 4) is 5.75 Å². The van der Waals surface area contributed by atoms with Gasteiger partial charge in [-0.1, -0.05) is 63.2 Å². The van der Waals surface area contributed by atoms with E-state index in [4.69, 9.17) is 0 Å². The van der Waals surface area contributed by atoms with Crippen LogP contribution in [0.15, 0.2) is 48.5 Å². The monoisotopic (exact) mass is 240 g/mol. The van der Waals surface area contributed by atoms with E-state index in [1.165, 1.54) is 11.1 Å². The predicted octanol–water partition coefficient (Wildman–Crippen LogP) is 4.28. The van der Waals surface area contributed by atoms with Crippen LogP contribution in [-0.4, -0.2) is 5.11 Å². The fourth-order valence-corrected chi connectivity index (χ4v) is 2.00. The van der Waals surface area contributed by atoms with Crippen molar-refractivity contribution in [3.63, 3.8) is 0 Å². The van der Waals surface area contributed by atoms with Crippen LogP contribution in [0, 0.1) is 0 Å². The van der Waals surface area contributed by atoms with Crippen molar-refractivity contribution in [2.75, 3.05) is 0 Å². The lowest BCUT2D eigenvalue weighted by Crippen LogP contribution is -2.10. The first-order valence-corrected chi connectivity index (χ1v) is 6.33. The highest BCUT2D eigenvalue weighted by Gasteiger charge is 2.12. The molecule has 0 radical (unpaired) electrons. The van der Waals surface area contributed by atoms with Gasteiger partial charge in [0.25, 0.3) is 0 Å². The summed E-state index contributed by atoms with van der Waals surface area (Å²) in [6.07, 6.45) is 0.775. The third-order valence-electron chi connectivity index (χ3n) is 3.21. The molecule has 0 heterocycles. The number of rotatable bonds is 2. The van der Waals surface area contributed by atoms with Gasteiger partial charge in [-0.05, 0) is 28.2 Å². The van der Waals surface area contributed by atoms with Crippen molar-refractivity contribution < 1.29 is 5.11 Å². The van der Waals surface area contributed by atoms with E-state index >= 15 is 0 Å². The maximum atomic E-state index is 9.76. The minimum atomic E-state index is 0.188. The smallest absolute Gasteiger partial charge is 0.119 e. The molecule has 0 unspecified atom stereocenters. The van der Waals surface area contributed by atoms with Crippen LogP contribution in [0.3, 0.4) is 0 Å². The molecule has 0 saturated heterocycles. The van der Waals surface area contributed by atoms with Crippen LogP contribution in [-0.2, 0) is 11.8 Å². The Morgan fingerprint density at radius 1 is 0.889 bits per heavy atom. The van der Waals surface area contributed by atoms with E-state index < -0.39 is 0 Å². The number of benzene rings is 2. The Bertz CT molecular complexity index is 518. The van der Waals surface area contributed by atoms with Crippen LogP contribution in [0.2, 0.25) is 0 Å². The number of hydrogen-bond acceptors (Lipinski definition) is 1. The van der Waals surface area contributed by atoms with E-state index in [0.29, 0.717) is 5.75 Å². The molecule has 0 aliphatic carbocycles. The van der Waals surface area contributed by atoms with Gasteiger partial charge in [-0.15, -0.1) is 0 Å². The molecule has 2 aromatic rings. The van der Waals surface area contributed by atoms with Crippen molar-refractivity contribution in [3.05, 3.63) is 65.2 Å². The Hall–Kier alpha value is -1.76. The average molecular weight is 240 g/mol. The normalized spacial score (nSPS) is 11.5. The largest absolute Gasteiger partial charge is 0.508 e. The third kappa shape index (κ3) is 2.92. The molecule has 0 atom stereocenters. The summed E-state index contributed by atoms with van der Waals surface area (Å²) in [5, 5.41) is 9.76. The van der Waals surface area contributed by atoms with Gasteiger partial charge in [0.2, 0.25) is 0 Å². The van der Waals surface area contributed by atoms with Gasteiger partial charge in [-0.2, -0.15) is 0 Å². The quantitative estimate of drug-likeness (QED) is 0.830. The highest BCUT2D eigenvalue weighted by molar-refractivity contribution is 5.37. The molecule has 18 heavy (non-hydrogen) atoms. The first-order chi connectivity index (χ1) is 8.47. The van der Waals surface area contributed by atoms with Crippen LogP contribution in [0.4, 0.5) is 0 Å². The van der Waals surface area contributed by atoms with Crippen molar-refractivity contribution in [2.24, 2.45) is 0 Å². The Labute approximate surface area is 109 Å². The van der Waals surface area contributed by atoms with Gasteiger partial charge in [0, 0.05) is 6.42 Å². The highest BCUT2D eigenvalue weighted by Crippen LogP contribution is 2.24. The molecule has 0 aliphatic heterocycles. The molecule has 0 amide bonds. The van der Waals surface area contributed by atoms with Gasteiger partial charge < -0.3 is 5.11 Å². The number of hydrogen-bond donors (Lipinski definition) is 1. The molecular weight excluding hydrogens is 220 g/mol. The summed E-state index contributed by atoms with van der Waals surface area (Å²) < 4.78 is 0. The maximum absolute atomic E-state index is 9.76. The molecule has 2 aromatic carbocycles. The average Bonchev–Trinajstić information content (AvgIpc) is 2.32. The van der Waals surface area contributed by atoms with Crippen molar-refractivity contribution in [1.29, 1.82) is 0 Å². The Balaban J connectivity index is 2.19. The van der Waals surface area contributed by atoms with Crippen LogP contribution in [0.5, 0.6) is 5.75 Å². The molecule has 94 valence electrons. The number of phenolic OH excluding ortho intramolecular Hbond substituents is 1. The molecule has 1 heteroatoms. The summed E-state index contributed by atoms with van der Waals surface area (Å²) in [5.74, 6) is 0.373. The van der Waals surface area contributed by atoms with Crippen LogP contribution in [0.25, 0.3) is 0 Å². The van der Waals surface area contributed by atoms with Crippen molar-refractivity contribution in [1.82, 2.24) is 0 Å². The van der Waals surface area contributed by atoms with Crippen LogP contribution < -0.4 is 0 Å². The van der Waals surface area contributed by atoms with E-state index in [1.54, 1.807) is 6.07 Å². The van der Waals surface area contributed by atoms with E-state index in [1.807, 2.05) is 18.2 Å². The zero-order valence-electron chi connectivity index (χ0n) is 11.3. The lowest BCUT2D eigenvalue weighted by Gasteiger charge is -2.19. The molecule has 0 bridgehead atoms. The fourth-order valence-electron chi connectivity index (χ4n) is 2.00. The van der Waals surface area contributed by atoms with Gasteiger partial charge in [0.1, 0.15) is 5.75 Å². The van der Waals surface area contributed by atoms with Crippen molar-refractivity contribution >= 4 is 0 Å². The maximum Gasteiger partial charge on any atom is 0.119 e. The third-order valence-corrected chi connectivity index (χ3v) is 3.21. The second kappa shape index (κ2) is 4.85. The van der Waals surface area contributed by atoms with E-state index in [0.717, 1.165) is 12.0 Å². The van der Waals surface area contributed by atoms with Gasteiger partial charge in [0.05, 0.1) is 0 Å². The van der Waals surface area contributed by atoms with E-state index in [2.05, 4.69) is 45.0 Å². The number of aromatic hydroxyl groups is 1. The second-order valence-corrected chi connectivity index (χ2v) is 5.75.